The summed E-state index contributed by atoms with van der Waals surface area (Å²) in [5.41, 5.74) is 12.3. The van der Waals surface area contributed by atoms with Gasteiger partial charge in [0.05, 0.1) is 16.9 Å². The normalized spacial score (nSPS) is 19.4. The maximum atomic E-state index is 14.5. The van der Waals surface area contributed by atoms with Crippen LogP contribution < -0.4 is 16.8 Å². The van der Waals surface area contributed by atoms with Crippen molar-refractivity contribution in [2.45, 2.75) is 31.7 Å². The van der Waals surface area contributed by atoms with Crippen LogP contribution in [-0.4, -0.2) is 25.4 Å². The van der Waals surface area contributed by atoms with Gasteiger partial charge >= 0.3 is 0 Å². The molecule has 1 saturated carbocycles. The lowest BCUT2D eigenvalue weighted by atomic mass is 9.85. The Morgan fingerprint density at radius 3 is 2.59 bits per heavy atom. The number of rotatable bonds is 4. The largest absolute Gasteiger partial charge is 0.369 e. The highest BCUT2D eigenvalue weighted by Gasteiger charge is 2.29. The SMILES string of the molecule is NC(=O)C1CCC(n2c(Nc3c(F)cc(Cl)cc3Cl)nc3cnc(N)nc32)CC1. The first-order valence-corrected chi connectivity index (χ1v) is 9.80. The molecule has 0 spiro atoms. The summed E-state index contributed by atoms with van der Waals surface area (Å²) in [5, 5.41) is 3.27. The van der Waals surface area contributed by atoms with Crippen LogP contribution in [0.4, 0.5) is 22.0 Å². The number of anilines is 3. The topological polar surface area (TPSA) is 125 Å². The van der Waals surface area contributed by atoms with Crippen LogP contribution in [0.25, 0.3) is 11.2 Å². The number of carbonyl (C=O) groups is 1. The van der Waals surface area contributed by atoms with E-state index in [2.05, 4.69) is 20.3 Å². The second kappa shape index (κ2) is 7.64. The van der Waals surface area contributed by atoms with Gasteiger partial charge in [-0.25, -0.2) is 14.4 Å². The van der Waals surface area contributed by atoms with E-state index in [-0.39, 0.29) is 39.5 Å². The molecule has 1 fully saturated rings. The first-order chi connectivity index (χ1) is 13.8. The van der Waals surface area contributed by atoms with E-state index in [9.17, 15) is 9.18 Å². The summed E-state index contributed by atoms with van der Waals surface area (Å²) >= 11 is 12.0. The van der Waals surface area contributed by atoms with E-state index < -0.39 is 5.82 Å². The zero-order valence-corrected chi connectivity index (χ0v) is 16.7. The van der Waals surface area contributed by atoms with E-state index in [1.54, 1.807) is 0 Å². The fraction of sp³-hybridized carbons (Fsp3) is 0.333. The number of hydrogen-bond acceptors (Lipinski definition) is 6. The number of nitrogens with one attached hydrogen (secondary N) is 1. The third-order valence-corrected chi connectivity index (χ3v) is 5.68. The highest BCUT2D eigenvalue weighted by atomic mass is 35.5. The second-order valence-corrected chi connectivity index (χ2v) is 7.86. The predicted octanol–water partition coefficient (Wildman–Crippen LogP) is 3.81. The van der Waals surface area contributed by atoms with Crippen molar-refractivity contribution < 1.29 is 9.18 Å². The van der Waals surface area contributed by atoms with Crippen molar-refractivity contribution >= 4 is 57.9 Å². The Morgan fingerprint density at radius 1 is 1.21 bits per heavy atom. The molecular weight excluding hydrogens is 420 g/mol. The third-order valence-electron chi connectivity index (χ3n) is 5.16. The molecule has 3 aromatic rings. The maximum Gasteiger partial charge on any atom is 0.222 e. The van der Waals surface area contributed by atoms with Crippen molar-refractivity contribution in [2.24, 2.45) is 11.7 Å². The number of amides is 1. The smallest absolute Gasteiger partial charge is 0.222 e. The van der Waals surface area contributed by atoms with Gasteiger partial charge in [-0.3, -0.25) is 9.36 Å². The Hall–Kier alpha value is -2.65. The van der Waals surface area contributed by atoms with Crippen LogP contribution in [0.15, 0.2) is 18.3 Å². The fourth-order valence-corrected chi connectivity index (χ4v) is 4.25. The molecule has 11 heteroatoms. The van der Waals surface area contributed by atoms with E-state index >= 15 is 0 Å². The van der Waals surface area contributed by atoms with Gasteiger partial charge in [-0.2, -0.15) is 4.98 Å². The van der Waals surface area contributed by atoms with Crippen LogP contribution in [-0.2, 0) is 4.79 Å². The van der Waals surface area contributed by atoms with E-state index in [0.717, 1.165) is 0 Å². The quantitative estimate of drug-likeness (QED) is 0.569. The summed E-state index contributed by atoms with van der Waals surface area (Å²) in [5.74, 6) is -0.597. The average molecular weight is 438 g/mol. The molecule has 5 N–H and O–H groups in total. The molecule has 2 aromatic heterocycles. The number of nitrogen functional groups attached to an aromatic ring is 1. The molecule has 1 aliphatic rings. The van der Waals surface area contributed by atoms with Crippen LogP contribution in [0.5, 0.6) is 0 Å². The molecule has 4 rings (SSSR count). The molecule has 29 heavy (non-hydrogen) atoms. The Morgan fingerprint density at radius 2 is 1.93 bits per heavy atom. The highest BCUT2D eigenvalue weighted by molar-refractivity contribution is 6.36. The van der Waals surface area contributed by atoms with Gasteiger partial charge in [-0.1, -0.05) is 23.2 Å². The minimum atomic E-state index is -0.607. The predicted molar refractivity (Wildman–Crippen MR) is 110 cm³/mol. The van der Waals surface area contributed by atoms with Crippen LogP contribution in [0.2, 0.25) is 10.0 Å². The minimum Gasteiger partial charge on any atom is -0.369 e. The Balaban J connectivity index is 1.77. The number of carbonyl (C=O) groups excluding carboxylic acids is 1. The number of aromatic nitrogens is 4. The molecule has 0 aliphatic heterocycles. The number of nitrogens with two attached hydrogens (primary N) is 2. The summed E-state index contributed by atoms with van der Waals surface area (Å²) in [7, 11) is 0. The molecule has 1 amide bonds. The minimum absolute atomic E-state index is 0.0264. The number of imidazole rings is 1. The molecule has 1 aromatic carbocycles. The first kappa shape index (κ1) is 19.7. The lowest BCUT2D eigenvalue weighted by Gasteiger charge is -2.29. The van der Waals surface area contributed by atoms with Crippen molar-refractivity contribution in [3.05, 3.63) is 34.2 Å². The molecule has 8 nitrogen and oxygen atoms in total. The van der Waals surface area contributed by atoms with Gasteiger partial charge in [0.15, 0.2) is 5.65 Å². The Kier molecular flexibility index (Phi) is 5.18. The number of primary amides is 1. The fourth-order valence-electron chi connectivity index (χ4n) is 3.73. The lowest BCUT2D eigenvalue weighted by molar-refractivity contribution is -0.122. The molecule has 1 aliphatic carbocycles. The zero-order chi connectivity index (χ0) is 20.7. The zero-order valence-electron chi connectivity index (χ0n) is 15.2. The molecule has 0 radical (unpaired) electrons. The van der Waals surface area contributed by atoms with Gasteiger partial charge in [0.2, 0.25) is 17.8 Å². The van der Waals surface area contributed by atoms with Gasteiger partial charge in [0.25, 0.3) is 0 Å². The van der Waals surface area contributed by atoms with Gasteiger partial charge < -0.3 is 16.8 Å². The number of fused-ring (bicyclic) bond motifs is 1. The molecule has 0 atom stereocenters. The standard InChI is InChI=1S/C18H18Cl2FN7O/c19-9-5-11(20)14(12(21)6-9)26-18-25-13-7-24-17(23)27-16(13)28(18)10-3-1-8(2-4-10)15(22)29/h5-8,10H,1-4H2,(H2,22,29)(H,25,26)(H2,23,24,27). The first-order valence-electron chi connectivity index (χ1n) is 9.05. The molecule has 152 valence electrons. The van der Waals surface area contributed by atoms with Crippen LogP contribution in [0, 0.1) is 11.7 Å². The third kappa shape index (κ3) is 3.79. The number of halogens is 3. The summed E-state index contributed by atoms with van der Waals surface area (Å²) < 4.78 is 16.3. The van der Waals surface area contributed by atoms with E-state index in [1.165, 1.54) is 18.3 Å². The Bertz CT molecular complexity index is 1070. The highest BCUT2D eigenvalue weighted by Crippen LogP contribution is 2.38. The van der Waals surface area contributed by atoms with Crippen LogP contribution in [0.1, 0.15) is 31.7 Å². The van der Waals surface area contributed by atoms with E-state index in [1.807, 2.05) is 4.57 Å². The monoisotopic (exact) mass is 437 g/mol. The van der Waals surface area contributed by atoms with Crippen molar-refractivity contribution in [3.8, 4) is 0 Å². The summed E-state index contributed by atoms with van der Waals surface area (Å²) in [4.78, 5) is 24.3. The van der Waals surface area contributed by atoms with Crippen molar-refractivity contribution in [2.75, 3.05) is 11.1 Å². The van der Waals surface area contributed by atoms with E-state index in [0.29, 0.717) is 42.8 Å². The molecule has 2 heterocycles. The van der Waals surface area contributed by atoms with Crippen molar-refractivity contribution in [1.82, 2.24) is 19.5 Å². The summed E-state index contributed by atoms with van der Waals surface area (Å²) in [6.45, 7) is 0. The van der Waals surface area contributed by atoms with Gasteiger partial charge in [-0.15, -0.1) is 0 Å². The van der Waals surface area contributed by atoms with Crippen molar-refractivity contribution in [3.63, 3.8) is 0 Å². The van der Waals surface area contributed by atoms with Crippen LogP contribution >= 0.6 is 23.2 Å². The molecular formula is C18H18Cl2FN7O. The van der Waals surface area contributed by atoms with Crippen LogP contribution in [0.3, 0.4) is 0 Å². The van der Waals surface area contributed by atoms with E-state index in [4.69, 9.17) is 34.7 Å². The Labute approximate surface area is 175 Å². The molecule has 0 bridgehead atoms. The lowest BCUT2D eigenvalue weighted by Crippen LogP contribution is -2.28. The molecule has 0 unspecified atom stereocenters. The van der Waals surface area contributed by atoms with Gasteiger partial charge in [0, 0.05) is 17.0 Å². The number of nitrogens with zero attached hydrogens (tertiary/aromatic N) is 4. The number of hydrogen-bond donors (Lipinski definition) is 3. The summed E-state index contributed by atoms with van der Waals surface area (Å²) in [6, 6.07) is 2.58. The maximum absolute atomic E-state index is 14.5. The van der Waals surface area contributed by atoms with Crippen molar-refractivity contribution in [1.29, 1.82) is 0 Å². The van der Waals surface area contributed by atoms with Gasteiger partial charge in [-0.05, 0) is 37.8 Å². The molecule has 0 saturated heterocycles. The summed E-state index contributed by atoms with van der Waals surface area (Å²) in [6.07, 6.45) is 4.18. The average Bonchev–Trinajstić information content (AvgIpc) is 3.01. The number of benzene rings is 1. The second-order valence-electron chi connectivity index (χ2n) is 7.02. The van der Waals surface area contributed by atoms with Gasteiger partial charge in [0.1, 0.15) is 11.3 Å².